The topological polar surface area (TPSA) is 61.6 Å². The highest BCUT2D eigenvalue weighted by molar-refractivity contribution is 5.98. The maximum Gasteiger partial charge on any atom is 0.250 e. The molecule has 1 saturated heterocycles. The molecule has 1 aliphatic rings. The van der Waals surface area contributed by atoms with E-state index in [-0.39, 0.29) is 0 Å². The number of nitrogens with zero attached hydrogens (tertiary/aromatic N) is 2. The zero-order valence-corrected chi connectivity index (χ0v) is 18.7. The van der Waals surface area contributed by atoms with E-state index in [2.05, 4.69) is 76.6 Å². The summed E-state index contributed by atoms with van der Waals surface area (Å²) in [4.78, 5) is 16.9. The van der Waals surface area contributed by atoms with Gasteiger partial charge in [0, 0.05) is 50.1 Å². The number of para-hydroxylation sites is 2. The summed E-state index contributed by atoms with van der Waals surface area (Å²) in [6.45, 7) is 6.89. The van der Waals surface area contributed by atoms with Crippen molar-refractivity contribution < 1.29 is 4.79 Å². The molecule has 3 aromatic rings. The second-order valence-electron chi connectivity index (χ2n) is 8.49. The zero-order valence-electron chi connectivity index (χ0n) is 18.7. The Labute approximate surface area is 190 Å². The van der Waals surface area contributed by atoms with Crippen LogP contribution in [0.4, 0.5) is 11.4 Å². The largest absolute Gasteiger partial charge is 0.383 e. The number of rotatable bonds is 8. The van der Waals surface area contributed by atoms with Crippen LogP contribution in [0.1, 0.15) is 21.5 Å². The molecule has 5 nitrogen and oxygen atoms in total. The highest BCUT2D eigenvalue weighted by Crippen LogP contribution is 2.20. The summed E-state index contributed by atoms with van der Waals surface area (Å²) in [5, 5.41) is 3.51. The molecule has 1 heterocycles. The molecule has 166 valence electrons. The summed E-state index contributed by atoms with van der Waals surface area (Å²) in [5.41, 5.74) is 10.8. The lowest BCUT2D eigenvalue weighted by atomic mass is 10.0. The van der Waals surface area contributed by atoms with Gasteiger partial charge >= 0.3 is 0 Å². The van der Waals surface area contributed by atoms with E-state index in [9.17, 15) is 4.79 Å². The zero-order chi connectivity index (χ0) is 22.3. The number of benzene rings is 3. The Balaban J connectivity index is 1.47. The van der Waals surface area contributed by atoms with Crippen LogP contribution >= 0.6 is 0 Å². The van der Waals surface area contributed by atoms with Crippen molar-refractivity contribution in [1.82, 2.24) is 4.90 Å². The number of carbonyl (C=O) groups is 1. The van der Waals surface area contributed by atoms with Gasteiger partial charge in [-0.05, 0) is 43.2 Å². The number of nitrogens with two attached hydrogens (primary N) is 1. The Bertz CT molecular complexity index is 1010. The summed E-state index contributed by atoms with van der Waals surface area (Å²) in [7, 11) is 0. The molecule has 32 heavy (non-hydrogen) atoms. The van der Waals surface area contributed by atoms with Crippen LogP contribution in [0.2, 0.25) is 0 Å². The predicted octanol–water partition coefficient (Wildman–Crippen LogP) is 3.94. The molecule has 0 radical (unpaired) electrons. The number of aryl methyl sites for hydroxylation is 1. The van der Waals surface area contributed by atoms with Crippen LogP contribution in [0.25, 0.3) is 0 Å². The molecule has 3 aromatic carbocycles. The minimum Gasteiger partial charge on any atom is -0.383 e. The van der Waals surface area contributed by atoms with Gasteiger partial charge in [0.2, 0.25) is 0 Å². The van der Waals surface area contributed by atoms with Crippen molar-refractivity contribution in [1.29, 1.82) is 0 Å². The van der Waals surface area contributed by atoms with Crippen LogP contribution in [-0.4, -0.2) is 49.6 Å². The molecule has 3 N–H and O–H groups in total. The van der Waals surface area contributed by atoms with Gasteiger partial charge in [0.1, 0.15) is 0 Å². The molecule has 1 amide bonds. The monoisotopic (exact) mass is 428 g/mol. The predicted molar refractivity (Wildman–Crippen MR) is 132 cm³/mol. The fourth-order valence-corrected chi connectivity index (χ4v) is 4.39. The van der Waals surface area contributed by atoms with Crippen molar-refractivity contribution in [3.8, 4) is 0 Å². The van der Waals surface area contributed by atoms with E-state index >= 15 is 0 Å². The average molecular weight is 429 g/mol. The highest BCUT2D eigenvalue weighted by atomic mass is 16.1. The standard InChI is InChI=1S/C27H32N4O/c1-21-11-13-22(14-12-21)19-24(20-29-26-10-6-5-9-25(26)27(28)32)31-17-15-30(16-18-31)23-7-3-2-4-8-23/h2-14,24,29H,15-20H2,1H3,(H2,28,32). The average Bonchev–Trinajstić information content (AvgIpc) is 2.84. The first-order chi connectivity index (χ1) is 15.6. The lowest BCUT2D eigenvalue weighted by Crippen LogP contribution is -2.53. The van der Waals surface area contributed by atoms with Crippen LogP contribution in [0.5, 0.6) is 0 Å². The normalized spacial score (nSPS) is 15.3. The summed E-state index contributed by atoms with van der Waals surface area (Å²) in [6, 6.07) is 27.2. The van der Waals surface area contributed by atoms with Gasteiger partial charge in [-0.3, -0.25) is 9.69 Å². The number of hydrogen-bond acceptors (Lipinski definition) is 4. The van der Waals surface area contributed by atoms with Crippen LogP contribution in [-0.2, 0) is 6.42 Å². The number of nitrogens with one attached hydrogen (secondary N) is 1. The molecule has 0 bridgehead atoms. The van der Waals surface area contributed by atoms with Gasteiger partial charge in [0.15, 0.2) is 0 Å². The molecule has 0 aliphatic carbocycles. The maximum atomic E-state index is 11.8. The van der Waals surface area contributed by atoms with Gasteiger partial charge in [-0.2, -0.15) is 0 Å². The first-order valence-corrected chi connectivity index (χ1v) is 11.3. The van der Waals surface area contributed by atoms with Gasteiger partial charge in [0.05, 0.1) is 5.56 Å². The van der Waals surface area contributed by atoms with E-state index in [1.807, 2.05) is 18.2 Å². The Morgan fingerprint density at radius 3 is 2.25 bits per heavy atom. The second-order valence-corrected chi connectivity index (χ2v) is 8.49. The van der Waals surface area contributed by atoms with Crippen molar-refractivity contribution in [3.05, 3.63) is 95.6 Å². The van der Waals surface area contributed by atoms with E-state index in [0.29, 0.717) is 11.6 Å². The van der Waals surface area contributed by atoms with Gasteiger partial charge in [-0.15, -0.1) is 0 Å². The Kier molecular flexibility index (Phi) is 7.07. The van der Waals surface area contributed by atoms with Crippen molar-refractivity contribution in [2.24, 2.45) is 5.73 Å². The van der Waals surface area contributed by atoms with Gasteiger partial charge < -0.3 is 16.0 Å². The van der Waals surface area contributed by atoms with E-state index < -0.39 is 5.91 Å². The third kappa shape index (κ3) is 5.48. The molecule has 0 saturated carbocycles. The molecule has 1 atom stereocenters. The van der Waals surface area contributed by atoms with Crippen LogP contribution in [0.3, 0.4) is 0 Å². The molecule has 1 aliphatic heterocycles. The lowest BCUT2D eigenvalue weighted by Gasteiger charge is -2.40. The van der Waals surface area contributed by atoms with Crippen molar-refractivity contribution in [2.75, 3.05) is 42.9 Å². The highest BCUT2D eigenvalue weighted by Gasteiger charge is 2.24. The number of primary amides is 1. The van der Waals surface area contributed by atoms with Crippen LogP contribution < -0.4 is 16.0 Å². The third-order valence-electron chi connectivity index (χ3n) is 6.26. The summed E-state index contributed by atoms with van der Waals surface area (Å²) in [6.07, 6.45) is 0.956. The van der Waals surface area contributed by atoms with Gasteiger partial charge in [0.25, 0.3) is 5.91 Å². The molecule has 1 unspecified atom stereocenters. The van der Waals surface area contributed by atoms with Crippen LogP contribution in [0.15, 0.2) is 78.9 Å². The fourth-order valence-electron chi connectivity index (χ4n) is 4.39. The molecular formula is C27H32N4O. The number of anilines is 2. The van der Waals surface area contributed by atoms with Crippen LogP contribution in [0, 0.1) is 6.92 Å². The number of carbonyl (C=O) groups excluding carboxylic acids is 1. The van der Waals surface area contributed by atoms with Crippen molar-refractivity contribution in [3.63, 3.8) is 0 Å². The first kappa shape index (κ1) is 21.9. The molecule has 0 aromatic heterocycles. The summed E-state index contributed by atoms with van der Waals surface area (Å²) < 4.78 is 0. The molecular weight excluding hydrogens is 396 g/mol. The number of piperazine rings is 1. The molecule has 0 spiro atoms. The third-order valence-corrected chi connectivity index (χ3v) is 6.26. The number of amides is 1. The Hall–Kier alpha value is -3.31. The molecule has 1 fully saturated rings. The fraction of sp³-hybridized carbons (Fsp3) is 0.296. The van der Waals surface area contributed by atoms with E-state index in [4.69, 9.17) is 5.73 Å². The summed E-state index contributed by atoms with van der Waals surface area (Å²) >= 11 is 0. The smallest absolute Gasteiger partial charge is 0.250 e. The minimum absolute atomic E-state index is 0.316. The first-order valence-electron chi connectivity index (χ1n) is 11.3. The van der Waals surface area contributed by atoms with Gasteiger partial charge in [-0.25, -0.2) is 0 Å². The lowest BCUT2D eigenvalue weighted by molar-refractivity contribution is 0.100. The minimum atomic E-state index is -0.403. The van der Waals surface area contributed by atoms with Crippen molar-refractivity contribution >= 4 is 17.3 Å². The SMILES string of the molecule is Cc1ccc(CC(CNc2ccccc2C(N)=O)N2CCN(c3ccccc3)CC2)cc1. The van der Waals surface area contributed by atoms with Gasteiger partial charge in [-0.1, -0.05) is 60.2 Å². The van der Waals surface area contributed by atoms with E-state index in [0.717, 1.165) is 44.8 Å². The summed E-state index contributed by atoms with van der Waals surface area (Å²) in [5.74, 6) is -0.403. The van der Waals surface area contributed by atoms with E-state index in [1.54, 1.807) is 6.07 Å². The Morgan fingerprint density at radius 1 is 0.906 bits per heavy atom. The second kappa shape index (κ2) is 10.3. The Morgan fingerprint density at radius 2 is 1.56 bits per heavy atom. The maximum absolute atomic E-state index is 11.8. The van der Waals surface area contributed by atoms with E-state index in [1.165, 1.54) is 16.8 Å². The number of hydrogen-bond donors (Lipinski definition) is 2. The molecule has 4 rings (SSSR count). The van der Waals surface area contributed by atoms with Crippen molar-refractivity contribution in [2.45, 2.75) is 19.4 Å². The molecule has 5 heteroatoms. The quantitative estimate of drug-likeness (QED) is 0.571.